The van der Waals surface area contributed by atoms with E-state index in [0.717, 1.165) is 75.0 Å². The van der Waals surface area contributed by atoms with Gasteiger partial charge in [-0.25, -0.2) is 0 Å². The molecule has 0 spiro atoms. The van der Waals surface area contributed by atoms with Crippen LogP contribution in [0.3, 0.4) is 0 Å². The van der Waals surface area contributed by atoms with Gasteiger partial charge in [0.05, 0.1) is 10.4 Å². The molecule has 2 aliphatic carbocycles. The normalized spacial score (nSPS) is 23.7. The van der Waals surface area contributed by atoms with E-state index in [0.29, 0.717) is 31.7 Å². The van der Waals surface area contributed by atoms with E-state index in [4.69, 9.17) is 0 Å². The fourth-order valence-electron chi connectivity index (χ4n) is 6.83. The largest absolute Gasteiger partial charge is 0.288 e. The molecule has 2 amide bonds. The minimum absolute atomic E-state index is 0.0499. The average Bonchev–Trinajstić information content (AvgIpc) is 3.28. The molecule has 0 bridgehead atoms. The Morgan fingerprint density at radius 3 is 1.97 bits per heavy atom. The van der Waals surface area contributed by atoms with E-state index in [9.17, 15) is 19.2 Å². The molecule has 1 atom stereocenters. The minimum Gasteiger partial charge on any atom is -0.288 e. The molecular formula is C28H26NO4PS. The van der Waals surface area contributed by atoms with Crippen LogP contribution >= 0.6 is 19.3 Å². The topological polar surface area (TPSA) is 71.5 Å². The van der Waals surface area contributed by atoms with Crippen LogP contribution in [0.25, 0.3) is 21.5 Å². The van der Waals surface area contributed by atoms with Gasteiger partial charge >= 0.3 is 0 Å². The van der Waals surface area contributed by atoms with Gasteiger partial charge in [-0.2, -0.15) is 0 Å². The molecule has 3 aromatic rings. The highest BCUT2D eigenvalue weighted by Gasteiger charge is 2.48. The summed E-state index contributed by atoms with van der Waals surface area (Å²) in [5, 5.41) is 2.63. The van der Waals surface area contributed by atoms with Crippen LogP contribution in [0.15, 0.2) is 24.3 Å². The monoisotopic (exact) mass is 503 g/mol. The van der Waals surface area contributed by atoms with Crippen LogP contribution in [-0.4, -0.2) is 39.5 Å². The number of thiophene rings is 1. The molecule has 0 radical (unpaired) electrons. The first-order valence-corrected chi connectivity index (χ1v) is 15.1. The zero-order chi connectivity index (χ0) is 23.8. The van der Waals surface area contributed by atoms with E-state index in [1.54, 1.807) is 0 Å². The molecule has 2 saturated carbocycles. The SMILES string of the molecule is O=C1c2sc3c4c(c5ccccc5c(c24)C(=O)N1C1CCCCC1)C(=O)P(C1CCCCC1)C3=O. The summed E-state index contributed by atoms with van der Waals surface area (Å²) >= 11 is 1.24. The van der Waals surface area contributed by atoms with Gasteiger partial charge < -0.3 is 0 Å². The second-order valence-corrected chi connectivity index (χ2v) is 13.7. The lowest BCUT2D eigenvalue weighted by Crippen LogP contribution is -2.47. The van der Waals surface area contributed by atoms with Crippen molar-refractivity contribution in [2.45, 2.75) is 75.9 Å². The summed E-state index contributed by atoms with van der Waals surface area (Å²) in [5.74, 6) is -0.539. The zero-order valence-corrected chi connectivity index (χ0v) is 21.2. The van der Waals surface area contributed by atoms with Crippen LogP contribution < -0.4 is 0 Å². The van der Waals surface area contributed by atoms with E-state index in [1.807, 2.05) is 24.3 Å². The first-order chi connectivity index (χ1) is 17.1. The van der Waals surface area contributed by atoms with Crippen molar-refractivity contribution in [2.75, 3.05) is 0 Å². The second-order valence-electron chi connectivity index (χ2n) is 10.4. The van der Waals surface area contributed by atoms with Gasteiger partial charge in [0, 0.05) is 30.3 Å². The Bertz CT molecular complexity index is 1350. The summed E-state index contributed by atoms with van der Waals surface area (Å²) in [6, 6.07) is 7.51. The summed E-state index contributed by atoms with van der Waals surface area (Å²) in [4.78, 5) is 58.2. The third kappa shape index (κ3) is 2.96. The van der Waals surface area contributed by atoms with Crippen LogP contribution in [0, 0.1) is 0 Å². The van der Waals surface area contributed by atoms with Crippen LogP contribution in [0.2, 0.25) is 0 Å². The molecule has 5 nitrogen and oxygen atoms in total. The molecule has 1 aromatic heterocycles. The lowest BCUT2D eigenvalue weighted by molar-refractivity contribution is 0.0507. The Balaban J connectivity index is 1.51. The predicted molar refractivity (Wildman–Crippen MR) is 139 cm³/mol. The summed E-state index contributed by atoms with van der Waals surface area (Å²) in [6.45, 7) is 0. The third-order valence-electron chi connectivity index (χ3n) is 8.45. The number of carbonyl (C=O) groups excluding carboxylic acids is 4. The van der Waals surface area contributed by atoms with Gasteiger partial charge in [-0.3, -0.25) is 24.1 Å². The van der Waals surface area contributed by atoms with Gasteiger partial charge in [-0.1, -0.05) is 62.8 Å². The van der Waals surface area contributed by atoms with E-state index in [-0.39, 0.29) is 34.6 Å². The minimum atomic E-state index is -1.50. The second kappa shape index (κ2) is 8.04. The number of fused-ring (bicyclic) bond motifs is 3. The number of carbonyl (C=O) groups is 4. The lowest BCUT2D eigenvalue weighted by Gasteiger charge is -2.35. The number of hydrogen-bond donors (Lipinski definition) is 0. The molecule has 35 heavy (non-hydrogen) atoms. The maximum absolute atomic E-state index is 14.1. The van der Waals surface area contributed by atoms with E-state index in [1.165, 1.54) is 16.2 Å². The molecule has 0 N–H and O–H groups in total. The zero-order valence-electron chi connectivity index (χ0n) is 19.5. The molecule has 2 aliphatic heterocycles. The van der Waals surface area contributed by atoms with Gasteiger partial charge in [-0.05, 0) is 42.1 Å². The first-order valence-electron chi connectivity index (χ1n) is 12.8. The van der Waals surface area contributed by atoms with Crippen molar-refractivity contribution < 1.29 is 19.2 Å². The smallest absolute Gasteiger partial charge is 0.271 e. The average molecular weight is 504 g/mol. The lowest BCUT2D eigenvalue weighted by atomic mass is 9.87. The number of hydrogen-bond acceptors (Lipinski definition) is 5. The fraction of sp³-hybridized carbons (Fsp3) is 0.429. The number of rotatable bonds is 2. The Morgan fingerprint density at radius 2 is 1.29 bits per heavy atom. The van der Waals surface area contributed by atoms with E-state index in [2.05, 4.69) is 0 Å². The van der Waals surface area contributed by atoms with E-state index < -0.39 is 7.92 Å². The van der Waals surface area contributed by atoms with Crippen LogP contribution in [0.4, 0.5) is 0 Å². The highest BCUT2D eigenvalue weighted by molar-refractivity contribution is 7.91. The van der Waals surface area contributed by atoms with Crippen LogP contribution in [0.1, 0.15) is 104 Å². The quantitative estimate of drug-likeness (QED) is 0.276. The molecular weight excluding hydrogens is 477 g/mol. The van der Waals surface area contributed by atoms with Crippen LogP contribution in [-0.2, 0) is 0 Å². The summed E-state index contributed by atoms with van der Waals surface area (Å²) < 4.78 is 0. The maximum atomic E-state index is 14.1. The number of amides is 2. The summed E-state index contributed by atoms with van der Waals surface area (Å²) in [7, 11) is -1.50. The number of imide groups is 1. The van der Waals surface area contributed by atoms with Crippen molar-refractivity contribution >= 4 is 63.7 Å². The van der Waals surface area contributed by atoms with E-state index >= 15 is 0 Å². The van der Waals surface area contributed by atoms with Crippen molar-refractivity contribution in [1.82, 2.24) is 4.90 Å². The number of nitrogens with zero attached hydrogens (tertiary/aromatic N) is 1. The fourth-order valence-corrected chi connectivity index (χ4v) is 10.9. The number of benzene rings is 2. The molecule has 2 fully saturated rings. The predicted octanol–water partition coefficient (Wildman–Crippen LogP) is 7.09. The third-order valence-corrected chi connectivity index (χ3v) is 12.3. The first kappa shape index (κ1) is 21.8. The van der Waals surface area contributed by atoms with Gasteiger partial charge in [-0.15, -0.1) is 11.3 Å². The van der Waals surface area contributed by atoms with Crippen molar-refractivity contribution in [2.24, 2.45) is 0 Å². The highest BCUT2D eigenvalue weighted by atomic mass is 32.1. The van der Waals surface area contributed by atoms with Crippen LogP contribution in [0.5, 0.6) is 0 Å². The molecule has 7 heteroatoms. The highest BCUT2D eigenvalue weighted by Crippen LogP contribution is 2.60. The molecule has 7 rings (SSSR count). The van der Waals surface area contributed by atoms with Crippen molar-refractivity contribution in [3.63, 3.8) is 0 Å². The molecule has 4 aliphatic rings. The Kier molecular flexibility index (Phi) is 5.01. The molecule has 178 valence electrons. The Morgan fingerprint density at radius 1 is 0.686 bits per heavy atom. The molecule has 2 aromatic carbocycles. The van der Waals surface area contributed by atoms with Gasteiger partial charge in [0.2, 0.25) is 5.52 Å². The molecule has 0 saturated heterocycles. The summed E-state index contributed by atoms with van der Waals surface area (Å²) in [5.41, 5.74) is 1.09. The van der Waals surface area contributed by atoms with Crippen molar-refractivity contribution in [3.8, 4) is 0 Å². The molecule has 1 unspecified atom stereocenters. The van der Waals surface area contributed by atoms with Gasteiger partial charge in [0.1, 0.15) is 4.88 Å². The standard InChI is InChI=1S/C28H26NO4PS/c30-25-19-17-13-7-8-14-18(17)20-22-21(19)23(26(31)29(25)15-9-3-1-4-10-15)35-24(22)28(33)34(27(20)32)16-11-5-2-6-12-16/h7-8,13-16H,1-6,9-12H2. The molecule has 3 heterocycles. The Hall–Kier alpha value is -2.43. The summed E-state index contributed by atoms with van der Waals surface area (Å²) in [6.07, 6.45) is 9.93. The van der Waals surface area contributed by atoms with Gasteiger partial charge in [0.15, 0.2) is 5.52 Å². The maximum Gasteiger partial charge on any atom is 0.271 e. The Labute approximate surface area is 208 Å². The van der Waals surface area contributed by atoms with Gasteiger partial charge in [0.25, 0.3) is 11.8 Å². The van der Waals surface area contributed by atoms with Crippen molar-refractivity contribution in [1.29, 1.82) is 0 Å². The van der Waals surface area contributed by atoms with Crippen molar-refractivity contribution in [3.05, 3.63) is 45.1 Å².